The first-order chi connectivity index (χ1) is 12.5. The van der Waals surface area contributed by atoms with E-state index in [1.54, 1.807) is 41.2 Å². The molecule has 0 unspecified atom stereocenters. The van der Waals surface area contributed by atoms with E-state index in [-0.39, 0.29) is 12.5 Å². The SMILES string of the molecule is O=C(COc1ccc(Cl)cc1)Nc1cnn(Cc2ccc(F)cc2Cl)c1. The number of rotatable bonds is 6. The predicted octanol–water partition coefficient (Wildman–Crippen LogP) is 4.39. The van der Waals surface area contributed by atoms with Crippen LogP contribution in [0.2, 0.25) is 10.0 Å². The van der Waals surface area contributed by atoms with E-state index in [9.17, 15) is 9.18 Å². The van der Waals surface area contributed by atoms with Crippen LogP contribution in [0.25, 0.3) is 0 Å². The van der Waals surface area contributed by atoms with Gasteiger partial charge in [-0.3, -0.25) is 9.48 Å². The number of benzene rings is 2. The van der Waals surface area contributed by atoms with Crippen molar-refractivity contribution >= 4 is 34.8 Å². The van der Waals surface area contributed by atoms with Crippen LogP contribution >= 0.6 is 23.2 Å². The summed E-state index contributed by atoms with van der Waals surface area (Å²) in [5.41, 5.74) is 1.24. The minimum Gasteiger partial charge on any atom is -0.484 e. The Morgan fingerprint density at radius 2 is 1.96 bits per heavy atom. The molecule has 0 bridgehead atoms. The first-order valence-corrected chi connectivity index (χ1v) is 8.40. The lowest BCUT2D eigenvalue weighted by Gasteiger charge is -2.06. The summed E-state index contributed by atoms with van der Waals surface area (Å²) in [5, 5.41) is 7.75. The number of nitrogens with zero attached hydrogens (tertiary/aromatic N) is 2. The Kier molecular flexibility index (Phi) is 5.75. The summed E-state index contributed by atoms with van der Waals surface area (Å²) in [5.74, 6) is -0.168. The van der Waals surface area contributed by atoms with Gasteiger partial charge in [0.25, 0.3) is 5.91 Å². The average molecular weight is 394 g/mol. The molecule has 0 aliphatic heterocycles. The highest BCUT2D eigenvalue weighted by Gasteiger charge is 2.08. The van der Waals surface area contributed by atoms with Gasteiger partial charge in [-0.2, -0.15) is 5.10 Å². The number of aromatic nitrogens is 2. The maximum atomic E-state index is 13.1. The van der Waals surface area contributed by atoms with E-state index in [1.165, 1.54) is 18.3 Å². The van der Waals surface area contributed by atoms with Gasteiger partial charge >= 0.3 is 0 Å². The molecular formula is C18H14Cl2FN3O2. The molecule has 5 nitrogen and oxygen atoms in total. The molecule has 2 aromatic carbocycles. The van der Waals surface area contributed by atoms with Crippen molar-refractivity contribution in [1.82, 2.24) is 9.78 Å². The van der Waals surface area contributed by atoms with Crippen LogP contribution < -0.4 is 10.1 Å². The summed E-state index contributed by atoms with van der Waals surface area (Å²) in [6.07, 6.45) is 3.16. The van der Waals surface area contributed by atoms with Gasteiger partial charge < -0.3 is 10.1 Å². The lowest BCUT2D eigenvalue weighted by atomic mass is 10.2. The van der Waals surface area contributed by atoms with Crippen molar-refractivity contribution in [1.29, 1.82) is 0 Å². The van der Waals surface area contributed by atoms with Crippen LogP contribution in [0.1, 0.15) is 5.56 Å². The Morgan fingerprint density at radius 1 is 1.19 bits per heavy atom. The fraction of sp³-hybridized carbons (Fsp3) is 0.111. The Morgan fingerprint density at radius 3 is 2.69 bits per heavy atom. The molecule has 0 fully saturated rings. The van der Waals surface area contributed by atoms with Crippen molar-refractivity contribution in [3.05, 3.63) is 76.3 Å². The molecule has 26 heavy (non-hydrogen) atoms. The molecule has 0 aliphatic rings. The second kappa shape index (κ2) is 8.21. The summed E-state index contributed by atoms with van der Waals surface area (Å²) >= 11 is 11.8. The number of carbonyl (C=O) groups is 1. The maximum Gasteiger partial charge on any atom is 0.262 e. The van der Waals surface area contributed by atoms with Crippen LogP contribution in [0, 0.1) is 5.82 Å². The third kappa shape index (κ3) is 4.97. The van der Waals surface area contributed by atoms with Crippen molar-refractivity contribution in [3.63, 3.8) is 0 Å². The van der Waals surface area contributed by atoms with Gasteiger partial charge in [-0.15, -0.1) is 0 Å². The lowest BCUT2D eigenvalue weighted by Crippen LogP contribution is -2.19. The highest BCUT2D eigenvalue weighted by Crippen LogP contribution is 2.19. The zero-order chi connectivity index (χ0) is 18.5. The molecule has 1 amide bonds. The van der Waals surface area contributed by atoms with Gasteiger partial charge in [0, 0.05) is 16.2 Å². The van der Waals surface area contributed by atoms with Crippen molar-refractivity contribution in [3.8, 4) is 5.75 Å². The molecule has 0 saturated heterocycles. The molecule has 1 heterocycles. The summed E-state index contributed by atoms with van der Waals surface area (Å²) < 4.78 is 20.0. The fourth-order valence-corrected chi connectivity index (χ4v) is 2.57. The summed E-state index contributed by atoms with van der Waals surface area (Å²) in [6, 6.07) is 10.9. The Hall–Kier alpha value is -2.57. The summed E-state index contributed by atoms with van der Waals surface area (Å²) in [6.45, 7) is 0.215. The number of hydrogen-bond donors (Lipinski definition) is 1. The minimum absolute atomic E-state index is 0.142. The monoisotopic (exact) mass is 393 g/mol. The van der Waals surface area contributed by atoms with Crippen molar-refractivity contribution in [2.45, 2.75) is 6.54 Å². The van der Waals surface area contributed by atoms with Crippen LogP contribution in [-0.4, -0.2) is 22.3 Å². The molecule has 0 aliphatic carbocycles. The van der Waals surface area contributed by atoms with Gasteiger partial charge in [0.05, 0.1) is 18.4 Å². The smallest absolute Gasteiger partial charge is 0.262 e. The number of hydrogen-bond acceptors (Lipinski definition) is 3. The highest BCUT2D eigenvalue weighted by atomic mass is 35.5. The maximum absolute atomic E-state index is 13.1. The molecular weight excluding hydrogens is 380 g/mol. The molecule has 3 rings (SSSR count). The van der Waals surface area contributed by atoms with E-state index >= 15 is 0 Å². The van der Waals surface area contributed by atoms with E-state index in [0.29, 0.717) is 28.0 Å². The molecule has 3 aromatic rings. The molecule has 1 aromatic heterocycles. The molecule has 0 radical (unpaired) electrons. The first-order valence-electron chi connectivity index (χ1n) is 7.64. The summed E-state index contributed by atoms with van der Waals surface area (Å²) in [4.78, 5) is 11.9. The molecule has 8 heteroatoms. The number of nitrogens with one attached hydrogen (secondary N) is 1. The van der Waals surface area contributed by atoms with Gasteiger partial charge in [0.15, 0.2) is 6.61 Å². The summed E-state index contributed by atoms with van der Waals surface area (Å²) in [7, 11) is 0. The standard InChI is InChI=1S/C18H14Cl2FN3O2/c19-13-2-5-16(6-3-13)26-11-18(25)23-15-8-22-24(10-15)9-12-1-4-14(21)7-17(12)20/h1-8,10H,9,11H2,(H,23,25). The normalized spacial score (nSPS) is 10.6. The first kappa shape index (κ1) is 18.2. The number of halogens is 3. The van der Waals surface area contributed by atoms with E-state index in [2.05, 4.69) is 10.4 Å². The number of ether oxygens (including phenoxy) is 1. The third-order valence-electron chi connectivity index (χ3n) is 3.45. The topological polar surface area (TPSA) is 56.1 Å². The van der Waals surface area contributed by atoms with E-state index < -0.39 is 5.82 Å². The Balaban J connectivity index is 1.54. The third-order valence-corrected chi connectivity index (χ3v) is 4.05. The molecule has 0 saturated carbocycles. The van der Waals surface area contributed by atoms with Crippen LogP contribution in [0.15, 0.2) is 54.9 Å². The van der Waals surface area contributed by atoms with E-state index in [4.69, 9.17) is 27.9 Å². The van der Waals surface area contributed by atoms with Gasteiger partial charge in [0.1, 0.15) is 11.6 Å². The Labute approximate surface area is 159 Å². The fourth-order valence-electron chi connectivity index (χ4n) is 2.22. The van der Waals surface area contributed by atoms with Crippen LogP contribution in [0.3, 0.4) is 0 Å². The average Bonchev–Trinajstić information content (AvgIpc) is 3.04. The molecule has 1 N–H and O–H groups in total. The van der Waals surface area contributed by atoms with Crippen molar-refractivity contribution in [2.24, 2.45) is 0 Å². The van der Waals surface area contributed by atoms with Gasteiger partial charge in [-0.25, -0.2) is 4.39 Å². The van der Waals surface area contributed by atoms with E-state index in [0.717, 1.165) is 5.56 Å². The minimum atomic E-state index is -0.396. The molecule has 0 spiro atoms. The number of amides is 1. The number of anilines is 1. The second-order valence-corrected chi connectivity index (χ2v) is 6.30. The Bertz CT molecular complexity index is 913. The zero-order valence-electron chi connectivity index (χ0n) is 13.5. The van der Waals surface area contributed by atoms with E-state index in [1.807, 2.05) is 0 Å². The highest BCUT2D eigenvalue weighted by molar-refractivity contribution is 6.31. The molecule has 0 atom stereocenters. The van der Waals surface area contributed by atoms with Crippen molar-refractivity contribution in [2.75, 3.05) is 11.9 Å². The van der Waals surface area contributed by atoms with Crippen LogP contribution in [-0.2, 0) is 11.3 Å². The van der Waals surface area contributed by atoms with Crippen molar-refractivity contribution < 1.29 is 13.9 Å². The molecule has 134 valence electrons. The van der Waals surface area contributed by atoms with Gasteiger partial charge in [0.2, 0.25) is 0 Å². The quantitative estimate of drug-likeness (QED) is 0.675. The predicted molar refractivity (Wildman–Crippen MR) is 98.3 cm³/mol. The van der Waals surface area contributed by atoms with Crippen LogP contribution in [0.5, 0.6) is 5.75 Å². The lowest BCUT2D eigenvalue weighted by molar-refractivity contribution is -0.118. The van der Waals surface area contributed by atoms with Crippen LogP contribution in [0.4, 0.5) is 10.1 Å². The number of carbonyl (C=O) groups excluding carboxylic acids is 1. The zero-order valence-corrected chi connectivity index (χ0v) is 15.0. The largest absolute Gasteiger partial charge is 0.484 e. The van der Waals surface area contributed by atoms with Gasteiger partial charge in [-0.05, 0) is 42.0 Å². The van der Waals surface area contributed by atoms with Gasteiger partial charge in [-0.1, -0.05) is 29.3 Å². The second-order valence-electron chi connectivity index (χ2n) is 5.45.